The average molecular weight is 300 g/mol. The van der Waals surface area contributed by atoms with Crippen LogP contribution in [0.4, 0.5) is 0 Å². The number of ketones is 1. The molecule has 1 unspecified atom stereocenters. The number of Topliss-reactive ketones (excluding diaryl/α,β-unsaturated/α-hetero) is 1. The highest BCUT2D eigenvalue weighted by Crippen LogP contribution is 2.26. The molecule has 0 aliphatic rings. The molecule has 1 aromatic carbocycles. The van der Waals surface area contributed by atoms with Gasteiger partial charge in [-0.3, -0.25) is 4.79 Å². The highest BCUT2D eigenvalue weighted by Gasteiger charge is 2.22. The summed E-state index contributed by atoms with van der Waals surface area (Å²) in [6, 6.07) is 5.23. The van der Waals surface area contributed by atoms with E-state index in [1.54, 1.807) is 32.4 Å². The van der Waals surface area contributed by atoms with Crippen molar-refractivity contribution >= 4 is 21.7 Å². The SMILES string of the molecule is CNC(C(=O)c1ccc(OC)c(Br)c1)C(C)C. The van der Waals surface area contributed by atoms with Crippen molar-refractivity contribution in [2.75, 3.05) is 14.2 Å². The zero-order valence-electron chi connectivity index (χ0n) is 10.6. The lowest BCUT2D eigenvalue weighted by molar-refractivity contribution is 0.0922. The number of nitrogens with one attached hydrogen (secondary N) is 1. The molecule has 0 saturated carbocycles. The molecule has 0 heterocycles. The fourth-order valence-electron chi connectivity index (χ4n) is 1.77. The Bertz CT molecular complexity index is 404. The zero-order chi connectivity index (χ0) is 13.0. The van der Waals surface area contributed by atoms with Crippen LogP contribution < -0.4 is 10.1 Å². The molecule has 0 spiro atoms. The van der Waals surface area contributed by atoms with Crippen LogP contribution in [0, 0.1) is 5.92 Å². The maximum Gasteiger partial charge on any atom is 0.180 e. The standard InChI is InChI=1S/C13H18BrNO2/c1-8(2)12(15-3)13(16)9-5-6-11(17-4)10(14)7-9/h5-8,12,15H,1-4H3. The number of rotatable bonds is 5. The van der Waals surface area contributed by atoms with Crippen molar-refractivity contribution in [2.24, 2.45) is 5.92 Å². The van der Waals surface area contributed by atoms with Crippen molar-refractivity contribution in [3.63, 3.8) is 0 Å². The fourth-order valence-corrected chi connectivity index (χ4v) is 2.31. The van der Waals surface area contributed by atoms with E-state index in [1.807, 2.05) is 13.8 Å². The van der Waals surface area contributed by atoms with E-state index in [9.17, 15) is 4.79 Å². The van der Waals surface area contributed by atoms with E-state index < -0.39 is 0 Å². The van der Waals surface area contributed by atoms with Crippen LogP contribution in [0.25, 0.3) is 0 Å². The van der Waals surface area contributed by atoms with Crippen LogP contribution in [0.1, 0.15) is 24.2 Å². The zero-order valence-corrected chi connectivity index (χ0v) is 12.2. The first-order valence-electron chi connectivity index (χ1n) is 5.56. The molecule has 0 aliphatic carbocycles. The molecule has 4 heteroatoms. The van der Waals surface area contributed by atoms with E-state index in [1.165, 1.54) is 0 Å². The first-order chi connectivity index (χ1) is 8.01. The van der Waals surface area contributed by atoms with Crippen LogP contribution in [-0.4, -0.2) is 26.0 Å². The predicted octanol–water partition coefficient (Wildman–Crippen LogP) is 2.88. The van der Waals surface area contributed by atoms with Crippen LogP contribution in [0.3, 0.4) is 0 Å². The topological polar surface area (TPSA) is 38.3 Å². The van der Waals surface area contributed by atoms with Crippen LogP contribution in [0.5, 0.6) is 5.75 Å². The molecule has 3 nitrogen and oxygen atoms in total. The van der Waals surface area contributed by atoms with Crippen molar-refractivity contribution in [1.29, 1.82) is 0 Å². The van der Waals surface area contributed by atoms with Gasteiger partial charge in [0.05, 0.1) is 17.6 Å². The largest absolute Gasteiger partial charge is 0.496 e. The maximum atomic E-state index is 12.2. The molecule has 0 saturated heterocycles. The number of hydrogen-bond donors (Lipinski definition) is 1. The van der Waals surface area contributed by atoms with Crippen LogP contribution in [-0.2, 0) is 0 Å². The van der Waals surface area contributed by atoms with E-state index in [2.05, 4.69) is 21.2 Å². The molecule has 1 aromatic rings. The van der Waals surface area contributed by atoms with Crippen LogP contribution in [0.15, 0.2) is 22.7 Å². The van der Waals surface area contributed by atoms with Crippen molar-refractivity contribution < 1.29 is 9.53 Å². The molecular weight excluding hydrogens is 282 g/mol. The summed E-state index contributed by atoms with van der Waals surface area (Å²) in [5.41, 5.74) is 0.686. The Morgan fingerprint density at radius 3 is 2.47 bits per heavy atom. The lowest BCUT2D eigenvalue weighted by Gasteiger charge is -2.19. The van der Waals surface area contributed by atoms with Crippen LogP contribution >= 0.6 is 15.9 Å². The monoisotopic (exact) mass is 299 g/mol. The van der Waals surface area contributed by atoms with Gasteiger partial charge >= 0.3 is 0 Å². The lowest BCUT2D eigenvalue weighted by Crippen LogP contribution is -2.38. The van der Waals surface area contributed by atoms with E-state index in [-0.39, 0.29) is 17.7 Å². The quantitative estimate of drug-likeness (QED) is 0.850. The number of carbonyl (C=O) groups excluding carboxylic acids is 1. The molecule has 0 amide bonds. The second-order valence-electron chi connectivity index (χ2n) is 4.22. The van der Waals surface area contributed by atoms with Gasteiger partial charge in [0.25, 0.3) is 0 Å². The molecule has 0 radical (unpaired) electrons. The molecule has 0 fully saturated rings. The van der Waals surface area contributed by atoms with Gasteiger partial charge in [-0.2, -0.15) is 0 Å². The molecule has 94 valence electrons. The predicted molar refractivity (Wildman–Crippen MR) is 72.7 cm³/mol. The fraction of sp³-hybridized carbons (Fsp3) is 0.462. The number of likely N-dealkylation sites (N-methyl/N-ethyl adjacent to an activating group) is 1. The Hall–Kier alpha value is -0.870. The number of methoxy groups -OCH3 is 1. The third-order valence-electron chi connectivity index (χ3n) is 2.70. The summed E-state index contributed by atoms with van der Waals surface area (Å²) >= 11 is 3.39. The Kier molecular flexibility index (Phi) is 5.15. The van der Waals surface area contributed by atoms with Crippen LogP contribution in [0.2, 0.25) is 0 Å². The molecule has 1 N–H and O–H groups in total. The molecule has 0 bridgehead atoms. The third kappa shape index (κ3) is 3.30. The van der Waals surface area contributed by atoms with Gasteiger partial charge in [0.15, 0.2) is 5.78 Å². The van der Waals surface area contributed by atoms with E-state index in [0.717, 1.165) is 10.2 Å². The molecule has 0 aromatic heterocycles. The Morgan fingerprint density at radius 2 is 2.06 bits per heavy atom. The van der Waals surface area contributed by atoms with Gasteiger partial charge in [0.2, 0.25) is 0 Å². The summed E-state index contributed by atoms with van der Waals surface area (Å²) < 4.78 is 5.94. The lowest BCUT2D eigenvalue weighted by atomic mass is 9.95. The number of benzene rings is 1. The summed E-state index contributed by atoms with van der Waals surface area (Å²) in [6.45, 7) is 4.05. The summed E-state index contributed by atoms with van der Waals surface area (Å²) in [4.78, 5) is 12.2. The van der Waals surface area contributed by atoms with Crippen molar-refractivity contribution in [3.8, 4) is 5.75 Å². The van der Waals surface area contributed by atoms with Gasteiger partial charge in [-0.1, -0.05) is 13.8 Å². The van der Waals surface area contributed by atoms with Crippen molar-refractivity contribution in [2.45, 2.75) is 19.9 Å². The Morgan fingerprint density at radius 1 is 1.41 bits per heavy atom. The minimum Gasteiger partial charge on any atom is -0.496 e. The third-order valence-corrected chi connectivity index (χ3v) is 3.32. The minimum absolute atomic E-state index is 0.103. The number of hydrogen-bond acceptors (Lipinski definition) is 3. The Labute approximate surface area is 111 Å². The maximum absolute atomic E-state index is 12.2. The van der Waals surface area contributed by atoms with Gasteiger partial charge in [-0.05, 0) is 47.1 Å². The molecular formula is C13H18BrNO2. The second kappa shape index (κ2) is 6.17. The molecule has 1 rings (SSSR count). The molecule has 17 heavy (non-hydrogen) atoms. The smallest absolute Gasteiger partial charge is 0.180 e. The van der Waals surface area contributed by atoms with E-state index in [0.29, 0.717) is 5.56 Å². The molecule has 0 aliphatic heterocycles. The minimum atomic E-state index is -0.157. The molecule has 1 atom stereocenters. The van der Waals surface area contributed by atoms with Crippen molar-refractivity contribution in [1.82, 2.24) is 5.32 Å². The Balaban J connectivity index is 3.00. The van der Waals surface area contributed by atoms with Gasteiger partial charge in [-0.25, -0.2) is 0 Å². The van der Waals surface area contributed by atoms with Gasteiger partial charge in [0, 0.05) is 5.56 Å². The summed E-state index contributed by atoms with van der Waals surface area (Å²) in [5, 5.41) is 3.05. The highest BCUT2D eigenvalue weighted by molar-refractivity contribution is 9.10. The summed E-state index contributed by atoms with van der Waals surface area (Å²) in [7, 11) is 3.41. The van der Waals surface area contributed by atoms with E-state index >= 15 is 0 Å². The average Bonchev–Trinajstić information content (AvgIpc) is 2.29. The first kappa shape index (κ1) is 14.2. The number of carbonyl (C=O) groups is 1. The normalized spacial score (nSPS) is 12.6. The second-order valence-corrected chi connectivity index (χ2v) is 5.08. The van der Waals surface area contributed by atoms with Gasteiger partial charge in [-0.15, -0.1) is 0 Å². The summed E-state index contributed by atoms with van der Waals surface area (Å²) in [5.74, 6) is 1.09. The first-order valence-corrected chi connectivity index (χ1v) is 6.35. The number of ether oxygens (including phenoxy) is 1. The van der Waals surface area contributed by atoms with Gasteiger partial charge < -0.3 is 10.1 Å². The highest BCUT2D eigenvalue weighted by atomic mass is 79.9. The van der Waals surface area contributed by atoms with Crippen molar-refractivity contribution in [3.05, 3.63) is 28.2 Å². The summed E-state index contributed by atoms with van der Waals surface area (Å²) in [6.07, 6.45) is 0. The van der Waals surface area contributed by atoms with Gasteiger partial charge in [0.1, 0.15) is 5.75 Å². The number of halogens is 1. The van der Waals surface area contributed by atoms with E-state index in [4.69, 9.17) is 4.74 Å².